The largest absolute Gasteiger partial charge is 0.309 e. The monoisotopic (exact) mass is 867 g/mol. The van der Waals surface area contributed by atoms with Crippen LogP contribution in [0.2, 0.25) is 0 Å². The lowest BCUT2D eigenvalue weighted by Crippen LogP contribution is -2.39. The average Bonchev–Trinajstić information content (AvgIpc) is 3.98. The molecular formula is C67H49N. The van der Waals surface area contributed by atoms with Gasteiger partial charge in [-0.15, -0.1) is 0 Å². The fourth-order valence-corrected chi connectivity index (χ4v) is 13.8. The topological polar surface area (TPSA) is 3.24 Å². The van der Waals surface area contributed by atoms with Crippen LogP contribution in [0.1, 0.15) is 70.2 Å². The Morgan fingerprint density at radius 3 is 1.26 bits per heavy atom. The number of fused-ring (bicyclic) bond motifs is 13. The van der Waals surface area contributed by atoms with Crippen molar-refractivity contribution >= 4 is 17.1 Å². The lowest BCUT2D eigenvalue weighted by Gasteiger charge is -2.45. The van der Waals surface area contributed by atoms with Crippen LogP contribution in [0.25, 0.3) is 44.5 Å². The average molecular weight is 868 g/mol. The van der Waals surface area contributed by atoms with Gasteiger partial charge in [0.25, 0.3) is 0 Å². The second kappa shape index (κ2) is 15.0. The molecule has 0 bridgehead atoms. The van der Waals surface area contributed by atoms with Gasteiger partial charge in [0, 0.05) is 27.6 Å². The molecule has 0 radical (unpaired) electrons. The number of para-hydroxylation sites is 1. The first-order valence-electron chi connectivity index (χ1n) is 24.4. The van der Waals surface area contributed by atoms with Crippen molar-refractivity contribution in [3.8, 4) is 44.5 Å². The highest BCUT2D eigenvalue weighted by Crippen LogP contribution is 2.65. The molecule has 1 saturated carbocycles. The SMILES string of the molecule is c1ccc(-c2ccccc2N(c2ccc3c(c2)C2(CCC4(CC2)c2ccccc2-c2ccccc24)c2ccccc2-3)c2cccc3c2-c2ccccc2C3(c2ccccc2)c2ccccc2)cc1. The minimum absolute atomic E-state index is 0.0103. The van der Waals surface area contributed by atoms with Gasteiger partial charge in [-0.3, -0.25) is 0 Å². The van der Waals surface area contributed by atoms with Crippen molar-refractivity contribution < 1.29 is 0 Å². The van der Waals surface area contributed by atoms with Crippen molar-refractivity contribution in [1.82, 2.24) is 0 Å². The van der Waals surface area contributed by atoms with E-state index in [4.69, 9.17) is 0 Å². The zero-order chi connectivity index (χ0) is 44.9. The Balaban J connectivity index is 1.00. The summed E-state index contributed by atoms with van der Waals surface area (Å²) in [5, 5.41) is 0. The number of anilines is 3. The lowest BCUT2D eigenvalue weighted by molar-refractivity contribution is 0.265. The van der Waals surface area contributed by atoms with Crippen molar-refractivity contribution in [2.45, 2.75) is 41.9 Å². The molecule has 10 aromatic carbocycles. The van der Waals surface area contributed by atoms with E-state index in [1.165, 1.54) is 100 Å². The van der Waals surface area contributed by atoms with Gasteiger partial charge in [-0.1, -0.05) is 224 Å². The minimum atomic E-state index is -0.520. The highest BCUT2D eigenvalue weighted by Gasteiger charge is 2.53. The van der Waals surface area contributed by atoms with Crippen LogP contribution in [-0.2, 0) is 16.2 Å². The lowest BCUT2D eigenvalue weighted by atomic mass is 9.57. The van der Waals surface area contributed by atoms with Crippen LogP contribution in [0.5, 0.6) is 0 Å². The van der Waals surface area contributed by atoms with Crippen LogP contribution >= 0.6 is 0 Å². The van der Waals surface area contributed by atoms with Gasteiger partial charge in [0.05, 0.1) is 16.8 Å². The first-order chi connectivity index (χ1) is 33.7. The van der Waals surface area contributed by atoms with Gasteiger partial charge < -0.3 is 4.90 Å². The van der Waals surface area contributed by atoms with E-state index in [9.17, 15) is 0 Å². The third-order valence-corrected chi connectivity index (χ3v) is 16.6. The molecule has 14 rings (SSSR count). The van der Waals surface area contributed by atoms with Gasteiger partial charge in [0.2, 0.25) is 0 Å². The molecule has 0 unspecified atom stereocenters. The van der Waals surface area contributed by atoms with Gasteiger partial charge in [-0.05, 0) is 128 Å². The predicted molar refractivity (Wildman–Crippen MR) is 281 cm³/mol. The molecule has 0 atom stereocenters. The normalized spacial score (nSPS) is 15.8. The van der Waals surface area contributed by atoms with Crippen LogP contribution in [0.4, 0.5) is 17.1 Å². The molecule has 4 aliphatic rings. The maximum absolute atomic E-state index is 2.61. The van der Waals surface area contributed by atoms with Crippen molar-refractivity contribution in [3.05, 3.63) is 293 Å². The predicted octanol–water partition coefficient (Wildman–Crippen LogP) is 17.0. The number of rotatable bonds is 6. The molecule has 0 heterocycles. The molecule has 1 heteroatoms. The van der Waals surface area contributed by atoms with E-state index < -0.39 is 5.41 Å². The number of nitrogens with zero attached hydrogens (tertiary/aromatic N) is 1. The fraction of sp³-hybridized carbons (Fsp3) is 0.104. The van der Waals surface area contributed by atoms with Crippen LogP contribution < -0.4 is 4.90 Å². The van der Waals surface area contributed by atoms with Crippen LogP contribution in [0.3, 0.4) is 0 Å². The second-order valence-corrected chi connectivity index (χ2v) is 19.5. The highest BCUT2D eigenvalue weighted by atomic mass is 15.1. The summed E-state index contributed by atoms with van der Waals surface area (Å²) in [6.45, 7) is 0. The molecule has 2 spiro atoms. The van der Waals surface area contributed by atoms with Crippen LogP contribution in [0, 0.1) is 0 Å². The number of benzene rings is 10. The van der Waals surface area contributed by atoms with Crippen molar-refractivity contribution in [2.24, 2.45) is 0 Å². The van der Waals surface area contributed by atoms with Crippen LogP contribution in [-0.4, -0.2) is 0 Å². The van der Waals surface area contributed by atoms with Gasteiger partial charge in [-0.2, -0.15) is 0 Å². The summed E-state index contributed by atoms with van der Waals surface area (Å²) in [6.07, 6.45) is 4.36. The Kier molecular flexibility index (Phi) is 8.65. The summed E-state index contributed by atoms with van der Waals surface area (Å²) in [4.78, 5) is 2.61. The molecule has 322 valence electrons. The van der Waals surface area contributed by atoms with E-state index in [1.807, 2.05) is 0 Å². The molecule has 68 heavy (non-hydrogen) atoms. The molecule has 0 N–H and O–H groups in total. The zero-order valence-electron chi connectivity index (χ0n) is 37.9. The van der Waals surface area contributed by atoms with E-state index in [0.717, 1.165) is 31.4 Å². The fourth-order valence-electron chi connectivity index (χ4n) is 13.8. The van der Waals surface area contributed by atoms with E-state index >= 15 is 0 Å². The first-order valence-corrected chi connectivity index (χ1v) is 24.4. The summed E-state index contributed by atoms with van der Waals surface area (Å²) in [6, 6.07) is 93.9. The molecule has 1 nitrogen and oxygen atoms in total. The van der Waals surface area contributed by atoms with Gasteiger partial charge in [0.1, 0.15) is 0 Å². The summed E-state index contributed by atoms with van der Waals surface area (Å²) in [7, 11) is 0. The Bertz CT molecular complexity index is 3490. The summed E-state index contributed by atoms with van der Waals surface area (Å²) in [5.74, 6) is 0. The highest BCUT2D eigenvalue weighted by molar-refractivity contribution is 6.00. The molecule has 0 aromatic heterocycles. The molecule has 4 aliphatic carbocycles. The van der Waals surface area contributed by atoms with Crippen LogP contribution in [0.15, 0.2) is 249 Å². The number of hydrogen-bond donors (Lipinski definition) is 0. The Morgan fingerprint density at radius 1 is 0.279 bits per heavy atom. The van der Waals surface area contributed by atoms with E-state index in [1.54, 1.807) is 0 Å². The molecule has 1 fully saturated rings. The summed E-state index contributed by atoms with van der Waals surface area (Å²) < 4.78 is 0. The van der Waals surface area contributed by atoms with E-state index in [2.05, 4.69) is 254 Å². The second-order valence-electron chi connectivity index (χ2n) is 19.5. The molecule has 0 amide bonds. The Hall–Kier alpha value is -8.00. The van der Waals surface area contributed by atoms with Crippen molar-refractivity contribution in [1.29, 1.82) is 0 Å². The van der Waals surface area contributed by atoms with E-state index in [-0.39, 0.29) is 10.8 Å². The number of hydrogen-bond acceptors (Lipinski definition) is 1. The van der Waals surface area contributed by atoms with Gasteiger partial charge in [-0.25, -0.2) is 0 Å². The minimum Gasteiger partial charge on any atom is -0.309 e. The first kappa shape index (κ1) is 39.2. The van der Waals surface area contributed by atoms with E-state index in [0.29, 0.717) is 0 Å². The van der Waals surface area contributed by atoms with Crippen molar-refractivity contribution in [2.75, 3.05) is 4.90 Å². The van der Waals surface area contributed by atoms with Gasteiger partial charge in [0.15, 0.2) is 0 Å². The maximum Gasteiger partial charge on any atom is 0.0714 e. The quantitative estimate of drug-likeness (QED) is 0.161. The zero-order valence-corrected chi connectivity index (χ0v) is 37.9. The Morgan fingerprint density at radius 2 is 0.691 bits per heavy atom. The third kappa shape index (κ3) is 5.33. The van der Waals surface area contributed by atoms with Crippen molar-refractivity contribution in [3.63, 3.8) is 0 Å². The standard InChI is InChI=1S/C67H49N/c1-4-21-46(22-5-1)50-27-14-19-37-62(50)68(63-38-20-36-60-64(63)55-31-13-18-35-59(55)67(60,47-23-6-2-7-24-47)48-25-8-3-9-26-48)49-39-40-54-53-30-12-17-34-58(53)66(61(54)45-49)43-41-65(42-44-66)56-32-15-10-28-51(56)52-29-11-16-33-57(52)65/h1-40,45H,41-44H2. The maximum atomic E-state index is 2.61. The molecule has 0 saturated heterocycles. The molecule has 0 aliphatic heterocycles. The van der Waals surface area contributed by atoms with Gasteiger partial charge >= 0.3 is 0 Å². The Labute approximate surface area is 399 Å². The smallest absolute Gasteiger partial charge is 0.0714 e. The molecular weight excluding hydrogens is 819 g/mol. The molecule has 10 aromatic rings. The summed E-state index contributed by atoms with van der Waals surface area (Å²) in [5.41, 5.74) is 24.6. The third-order valence-electron chi connectivity index (χ3n) is 16.6. The summed E-state index contributed by atoms with van der Waals surface area (Å²) >= 11 is 0.